The summed E-state index contributed by atoms with van der Waals surface area (Å²) in [5.41, 5.74) is 0.323. The van der Waals surface area contributed by atoms with Gasteiger partial charge < -0.3 is 4.74 Å². The number of carbonyl (C=O) groups excluding carboxylic acids is 1. The van der Waals surface area contributed by atoms with Crippen LogP contribution in [0.3, 0.4) is 0 Å². The maximum atomic E-state index is 11.9. The molecule has 0 aliphatic heterocycles. The van der Waals surface area contributed by atoms with Crippen LogP contribution in [0.1, 0.15) is 27.7 Å². The van der Waals surface area contributed by atoms with Gasteiger partial charge in [0.05, 0.1) is 5.69 Å². The third kappa shape index (κ3) is 3.53. The second kappa shape index (κ2) is 4.96. The Morgan fingerprint density at radius 1 is 1.38 bits per heavy atom. The standard InChI is InChI=1S/C12H18N2O2/c1-5-14(10-6-8-13-9-7-10)11(15)16-12(2,3)4/h6-9H,5H2,1-4H3. The molecule has 0 unspecified atom stereocenters. The molecule has 0 aromatic carbocycles. The van der Waals surface area contributed by atoms with E-state index in [0.29, 0.717) is 6.54 Å². The minimum Gasteiger partial charge on any atom is -0.443 e. The number of ether oxygens (including phenoxy) is 1. The van der Waals surface area contributed by atoms with Crippen molar-refractivity contribution in [2.75, 3.05) is 11.4 Å². The van der Waals surface area contributed by atoms with E-state index >= 15 is 0 Å². The van der Waals surface area contributed by atoms with E-state index in [1.54, 1.807) is 29.4 Å². The zero-order valence-electron chi connectivity index (χ0n) is 10.2. The van der Waals surface area contributed by atoms with Crippen molar-refractivity contribution >= 4 is 11.8 Å². The predicted octanol–water partition coefficient (Wildman–Crippen LogP) is 2.84. The summed E-state index contributed by atoms with van der Waals surface area (Å²) >= 11 is 0. The molecule has 16 heavy (non-hydrogen) atoms. The average Bonchev–Trinajstić information content (AvgIpc) is 2.17. The van der Waals surface area contributed by atoms with Gasteiger partial charge in [-0.15, -0.1) is 0 Å². The van der Waals surface area contributed by atoms with Crippen molar-refractivity contribution in [2.24, 2.45) is 0 Å². The van der Waals surface area contributed by atoms with E-state index in [1.165, 1.54) is 0 Å². The summed E-state index contributed by atoms with van der Waals surface area (Å²) in [5.74, 6) is 0. The van der Waals surface area contributed by atoms with Crippen LogP contribution in [0.15, 0.2) is 24.5 Å². The van der Waals surface area contributed by atoms with Gasteiger partial charge in [0.1, 0.15) is 5.60 Å². The smallest absolute Gasteiger partial charge is 0.414 e. The first-order valence-corrected chi connectivity index (χ1v) is 5.34. The van der Waals surface area contributed by atoms with Gasteiger partial charge in [0.2, 0.25) is 0 Å². The minimum absolute atomic E-state index is 0.332. The van der Waals surface area contributed by atoms with E-state index in [9.17, 15) is 4.79 Å². The van der Waals surface area contributed by atoms with Crippen LogP contribution in [-0.4, -0.2) is 23.2 Å². The fourth-order valence-corrected chi connectivity index (χ4v) is 1.26. The molecule has 4 nitrogen and oxygen atoms in total. The quantitative estimate of drug-likeness (QED) is 0.772. The summed E-state index contributed by atoms with van der Waals surface area (Å²) < 4.78 is 5.31. The summed E-state index contributed by atoms with van der Waals surface area (Å²) in [6.07, 6.45) is 2.98. The molecule has 0 aliphatic rings. The van der Waals surface area contributed by atoms with Gasteiger partial charge in [0.25, 0.3) is 0 Å². The summed E-state index contributed by atoms with van der Waals surface area (Å²) in [6, 6.07) is 3.57. The lowest BCUT2D eigenvalue weighted by Gasteiger charge is -2.26. The molecule has 4 heteroatoms. The van der Waals surface area contributed by atoms with E-state index in [-0.39, 0.29) is 6.09 Å². The molecule has 0 saturated heterocycles. The minimum atomic E-state index is -0.475. The highest BCUT2D eigenvalue weighted by Gasteiger charge is 2.21. The molecule has 1 rings (SSSR count). The van der Waals surface area contributed by atoms with Crippen LogP contribution in [0.25, 0.3) is 0 Å². The molecule has 0 aliphatic carbocycles. The predicted molar refractivity (Wildman–Crippen MR) is 63.5 cm³/mol. The van der Waals surface area contributed by atoms with Gasteiger partial charge in [-0.3, -0.25) is 9.88 Å². The molecule has 88 valence electrons. The molecule has 1 amide bonds. The maximum absolute atomic E-state index is 11.9. The Balaban J connectivity index is 2.80. The van der Waals surface area contributed by atoms with Gasteiger partial charge in [-0.25, -0.2) is 4.79 Å². The molecule has 0 bridgehead atoms. The van der Waals surface area contributed by atoms with E-state index in [4.69, 9.17) is 4.74 Å². The third-order valence-corrected chi connectivity index (χ3v) is 1.90. The van der Waals surface area contributed by atoms with Crippen LogP contribution in [0, 0.1) is 0 Å². The normalized spacial score (nSPS) is 11.0. The van der Waals surface area contributed by atoms with E-state index < -0.39 is 5.60 Å². The lowest BCUT2D eigenvalue weighted by molar-refractivity contribution is 0.0582. The summed E-state index contributed by atoms with van der Waals surface area (Å²) in [6.45, 7) is 8.03. The third-order valence-electron chi connectivity index (χ3n) is 1.90. The number of rotatable bonds is 2. The number of carbonyl (C=O) groups is 1. The van der Waals surface area contributed by atoms with Crippen molar-refractivity contribution in [3.63, 3.8) is 0 Å². The van der Waals surface area contributed by atoms with Crippen molar-refractivity contribution in [2.45, 2.75) is 33.3 Å². The van der Waals surface area contributed by atoms with E-state index in [0.717, 1.165) is 5.69 Å². The monoisotopic (exact) mass is 222 g/mol. The van der Waals surface area contributed by atoms with Crippen LogP contribution in [0.2, 0.25) is 0 Å². The van der Waals surface area contributed by atoms with Crippen LogP contribution in [0.5, 0.6) is 0 Å². The number of aromatic nitrogens is 1. The van der Waals surface area contributed by atoms with Gasteiger partial charge in [0.15, 0.2) is 0 Å². The summed E-state index contributed by atoms with van der Waals surface area (Å²) in [7, 11) is 0. The fourth-order valence-electron chi connectivity index (χ4n) is 1.26. The van der Waals surface area contributed by atoms with Crippen LogP contribution >= 0.6 is 0 Å². The topological polar surface area (TPSA) is 42.4 Å². The number of hydrogen-bond donors (Lipinski definition) is 0. The molecule has 1 aromatic rings. The van der Waals surface area contributed by atoms with Crippen LogP contribution < -0.4 is 4.90 Å². The lowest BCUT2D eigenvalue weighted by atomic mass is 10.2. The lowest BCUT2D eigenvalue weighted by Crippen LogP contribution is -2.36. The van der Waals surface area contributed by atoms with Crippen molar-refractivity contribution in [3.05, 3.63) is 24.5 Å². The number of pyridine rings is 1. The molecule has 0 fully saturated rings. The van der Waals surface area contributed by atoms with Crippen LogP contribution in [-0.2, 0) is 4.74 Å². The van der Waals surface area contributed by atoms with Gasteiger partial charge in [-0.1, -0.05) is 0 Å². The number of hydrogen-bond acceptors (Lipinski definition) is 3. The Bertz CT molecular complexity index is 344. The molecule has 0 radical (unpaired) electrons. The van der Waals surface area contributed by atoms with Crippen LogP contribution in [0.4, 0.5) is 10.5 Å². The van der Waals surface area contributed by atoms with Crippen molar-refractivity contribution in [3.8, 4) is 0 Å². The first kappa shape index (κ1) is 12.5. The highest BCUT2D eigenvalue weighted by Crippen LogP contribution is 2.16. The zero-order chi connectivity index (χ0) is 12.2. The Hall–Kier alpha value is -1.58. The SMILES string of the molecule is CCN(C(=O)OC(C)(C)C)c1ccncc1. The molecule has 0 saturated carbocycles. The van der Waals surface area contributed by atoms with Gasteiger partial charge in [-0.05, 0) is 39.8 Å². The maximum Gasteiger partial charge on any atom is 0.414 e. The average molecular weight is 222 g/mol. The highest BCUT2D eigenvalue weighted by atomic mass is 16.6. The van der Waals surface area contributed by atoms with Crippen molar-refractivity contribution in [1.82, 2.24) is 4.98 Å². The van der Waals surface area contributed by atoms with Gasteiger partial charge >= 0.3 is 6.09 Å². The van der Waals surface area contributed by atoms with Gasteiger partial charge in [0, 0.05) is 18.9 Å². The van der Waals surface area contributed by atoms with Crippen molar-refractivity contribution in [1.29, 1.82) is 0 Å². The Labute approximate surface area is 96.2 Å². The van der Waals surface area contributed by atoms with Crippen molar-refractivity contribution < 1.29 is 9.53 Å². The molecule has 1 aromatic heterocycles. The van der Waals surface area contributed by atoms with Gasteiger partial charge in [-0.2, -0.15) is 0 Å². The molecule has 0 N–H and O–H groups in total. The number of amides is 1. The molecular weight excluding hydrogens is 204 g/mol. The highest BCUT2D eigenvalue weighted by molar-refractivity contribution is 5.87. The summed E-state index contributed by atoms with van der Waals surface area (Å²) in [4.78, 5) is 17.4. The molecule has 1 heterocycles. The van der Waals surface area contributed by atoms with E-state index in [2.05, 4.69) is 4.98 Å². The second-order valence-electron chi connectivity index (χ2n) is 4.43. The first-order chi connectivity index (χ1) is 7.44. The number of anilines is 1. The second-order valence-corrected chi connectivity index (χ2v) is 4.43. The number of nitrogens with zero attached hydrogens (tertiary/aromatic N) is 2. The summed E-state index contributed by atoms with van der Waals surface area (Å²) in [5, 5.41) is 0. The zero-order valence-corrected chi connectivity index (χ0v) is 10.2. The first-order valence-electron chi connectivity index (χ1n) is 5.34. The molecule has 0 spiro atoms. The molecule has 0 atom stereocenters. The largest absolute Gasteiger partial charge is 0.443 e. The Kier molecular flexibility index (Phi) is 3.88. The van der Waals surface area contributed by atoms with E-state index in [1.807, 2.05) is 27.7 Å². The fraction of sp³-hybridized carbons (Fsp3) is 0.500. The molecular formula is C12H18N2O2. The Morgan fingerprint density at radius 3 is 2.38 bits per heavy atom. The Morgan fingerprint density at radius 2 is 1.94 bits per heavy atom.